The Morgan fingerprint density at radius 1 is 1.30 bits per heavy atom. The number of likely N-dealkylation sites (N-methyl/N-ethyl adjacent to an activating group) is 1. The third-order valence-electron chi connectivity index (χ3n) is 3.06. The third kappa shape index (κ3) is 4.94. The van der Waals surface area contributed by atoms with Crippen LogP contribution in [0.1, 0.15) is 24.0 Å². The highest BCUT2D eigenvalue weighted by molar-refractivity contribution is 7.09. The van der Waals surface area contributed by atoms with E-state index in [4.69, 9.17) is 4.74 Å². The van der Waals surface area contributed by atoms with Crippen molar-refractivity contribution in [1.82, 2.24) is 10.3 Å². The summed E-state index contributed by atoms with van der Waals surface area (Å²) in [6.07, 6.45) is 1.96. The van der Waals surface area contributed by atoms with Gasteiger partial charge >= 0.3 is 0 Å². The Bertz CT molecular complexity index is 498. The Morgan fingerprint density at radius 2 is 2.10 bits per heavy atom. The van der Waals surface area contributed by atoms with Crippen LogP contribution in [0.4, 0.5) is 0 Å². The molecule has 2 rings (SSSR count). The summed E-state index contributed by atoms with van der Waals surface area (Å²) >= 11 is 1.74. The van der Waals surface area contributed by atoms with Gasteiger partial charge in [0.25, 0.3) is 0 Å². The van der Waals surface area contributed by atoms with Crippen LogP contribution < -0.4 is 10.1 Å². The Labute approximate surface area is 125 Å². The van der Waals surface area contributed by atoms with Crippen LogP contribution in [0, 0.1) is 6.92 Å². The van der Waals surface area contributed by atoms with Crippen LogP contribution >= 0.6 is 11.3 Å². The molecule has 1 aromatic carbocycles. The summed E-state index contributed by atoms with van der Waals surface area (Å²) < 4.78 is 5.77. The van der Waals surface area contributed by atoms with E-state index in [0.29, 0.717) is 6.04 Å². The molecule has 3 nitrogen and oxygen atoms in total. The minimum atomic E-state index is 0.425. The Kier molecular flexibility index (Phi) is 6.02. The average molecular weight is 290 g/mol. The summed E-state index contributed by atoms with van der Waals surface area (Å²) in [5.74, 6) is 0.938. The number of ether oxygens (including phenoxy) is 1. The molecular formula is C16H22N2OS. The van der Waals surface area contributed by atoms with Crippen molar-refractivity contribution in [2.45, 2.75) is 32.7 Å². The van der Waals surface area contributed by atoms with Crippen molar-refractivity contribution in [1.29, 1.82) is 0 Å². The van der Waals surface area contributed by atoms with E-state index in [9.17, 15) is 0 Å². The maximum atomic E-state index is 5.77. The Hall–Kier alpha value is -1.39. The first-order chi connectivity index (χ1) is 9.78. The summed E-state index contributed by atoms with van der Waals surface area (Å²) in [6.45, 7) is 5.88. The first-order valence-electron chi connectivity index (χ1n) is 7.10. The van der Waals surface area contributed by atoms with Gasteiger partial charge in [-0.05, 0) is 32.0 Å². The molecule has 1 unspecified atom stereocenters. The van der Waals surface area contributed by atoms with E-state index in [-0.39, 0.29) is 0 Å². The van der Waals surface area contributed by atoms with Crippen molar-refractivity contribution in [2.75, 3.05) is 13.2 Å². The van der Waals surface area contributed by atoms with Crippen LogP contribution in [0.5, 0.6) is 5.75 Å². The number of aryl methyl sites for hydroxylation is 1. The molecule has 20 heavy (non-hydrogen) atoms. The van der Waals surface area contributed by atoms with E-state index in [0.717, 1.165) is 37.4 Å². The molecule has 0 spiro atoms. The molecule has 2 aromatic rings. The number of hydrogen-bond donors (Lipinski definition) is 1. The smallest absolute Gasteiger partial charge is 0.119 e. The lowest BCUT2D eigenvalue weighted by Crippen LogP contribution is -2.32. The fourth-order valence-electron chi connectivity index (χ4n) is 2.11. The molecule has 4 heteroatoms. The maximum absolute atomic E-state index is 5.77. The molecule has 1 atom stereocenters. The number of aromatic nitrogens is 1. The van der Waals surface area contributed by atoms with E-state index >= 15 is 0 Å². The van der Waals surface area contributed by atoms with Gasteiger partial charge in [0, 0.05) is 23.5 Å². The first-order valence-corrected chi connectivity index (χ1v) is 7.98. The van der Waals surface area contributed by atoms with E-state index in [1.54, 1.807) is 11.3 Å². The molecule has 0 bridgehead atoms. The fraction of sp³-hybridized carbons (Fsp3) is 0.438. The molecule has 0 amide bonds. The van der Waals surface area contributed by atoms with Gasteiger partial charge in [-0.25, -0.2) is 4.98 Å². The molecular weight excluding hydrogens is 268 g/mol. The van der Waals surface area contributed by atoms with Gasteiger partial charge in [0.2, 0.25) is 0 Å². The number of nitrogens with one attached hydrogen (secondary N) is 1. The van der Waals surface area contributed by atoms with Crippen LogP contribution in [0.3, 0.4) is 0 Å². The van der Waals surface area contributed by atoms with Crippen LogP contribution in [0.2, 0.25) is 0 Å². The molecule has 1 aromatic heterocycles. The van der Waals surface area contributed by atoms with Gasteiger partial charge in [0.15, 0.2) is 0 Å². The predicted molar refractivity (Wildman–Crippen MR) is 84.6 cm³/mol. The van der Waals surface area contributed by atoms with E-state index in [1.807, 2.05) is 37.3 Å². The number of nitrogens with zero attached hydrogens (tertiary/aromatic N) is 1. The van der Waals surface area contributed by atoms with Crippen LogP contribution in [0.15, 0.2) is 35.7 Å². The lowest BCUT2D eigenvalue weighted by Gasteiger charge is -2.17. The van der Waals surface area contributed by atoms with Crippen molar-refractivity contribution in [2.24, 2.45) is 0 Å². The lowest BCUT2D eigenvalue weighted by molar-refractivity contribution is 0.285. The zero-order valence-electron chi connectivity index (χ0n) is 12.1. The molecule has 0 aliphatic heterocycles. The number of thiazole rings is 1. The quantitative estimate of drug-likeness (QED) is 0.808. The second-order valence-electron chi connectivity index (χ2n) is 4.79. The summed E-state index contributed by atoms with van der Waals surface area (Å²) in [4.78, 5) is 4.54. The molecule has 0 radical (unpaired) electrons. The van der Waals surface area contributed by atoms with Gasteiger partial charge in [-0.2, -0.15) is 0 Å². The van der Waals surface area contributed by atoms with Gasteiger partial charge in [-0.3, -0.25) is 0 Å². The van der Waals surface area contributed by atoms with E-state index < -0.39 is 0 Å². The van der Waals surface area contributed by atoms with Crippen molar-refractivity contribution >= 4 is 11.3 Å². The molecule has 1 N–H and O–H groups in total. The molecule has 0 aliphatic rings. The lowest BCUT2D eigenvalue weighted by atomic mass is 10.1. The van der Waals surface area contributed by atoms with Crippen molar-refractivity contribution in [3.8, 4) is 5.75 Å². The molecule has 1 heterocycles. The monoisotopic (exact) mass is 290 g/mol. The van der Waals surface area contributed by atoms with Gasteiger partial charge in [-0.1, -0.05) is 25.1 Å². The summed E-state index contributed by atoms with van der Waals surface area (Å²) in [7, 11) is 0. The zero-order chi connectivity index (χ0) is 14.2. The molecule has 0 saturated carbocycles. The standard InChI is InChI=1S/C16H22N2OS/c1-3-17-14(11-16-18-13(2)12-20-16)9-10-19-15-7-5-4-6-8-15/h4-8,12,14,17H,3,9-11H2,1-2H3. The van der Waals surface area contributed by atoms with E-state index in [2.05, 4.69) is 22.6 Å². The highest BCUT2D eigenvalue weighted by Crippen LogP contribution is 2.13. The highest BCUT2D eigenvalue weighted by atomic mass is 32.1. The minimum Gasteiger partial charge on any atom is -0.494 e. The predicted octanol–water partition coefficient (Wildman–Crippen LogP) is 3.44. The van der Waals surface area contributed by atoms with Crippen molar-refractivity contribution in [3.05, 3.63) is 46.4 Å². The molecule has 0 saturated heterocycles. The molecule has 0 fully saturated rings. The molecule has 0 aliphatic carbocycles. The van der Waals surface area contributed by atoms with Crippen molar-refractivity contribution in [3.63, 3.8) is 0 Å². The first kappa shape index (κ1) is 15.0. The van der Waals surface area contributed by atoms with Crippen LogP contribution in [-0.4, -0.2) is 24.2 Å². The molecule has 108 valence electrons. The van der Waals surface area contributed by atoms with Gasteiger partial charge in [0.05, 0.1) is 11.6 Å². The second kappa shape index (κ2) is 8.02. The average Bonchev–Trinajstić information content (AvgIpc) is 2.85. The number of hydrogen-bond acceptors (Lipinski definition) is 4. The summed E-state index contributed by atoms with van der Waals surface area (Å²) in [5, 5.41) is 6.83. The largest absolute Gasteiger partial charge is 0.494 e. The topological polar surface area (TPSA) is 34.1 Å². The minimum absolute atomic E-state index is 0.425. The van der Waals surface area contributed by atoms with Crippen LogP contribution in [-0.2, 0) is 6.42 Å². The zero-order valence-corrected chi connectivity index (χ0v) is 13.0. The van der Waals surface area contributed by atoms with Crippen LogP contribution in [0.25, 0.3) is 0 Å². The summed E-state index contributed by atoms with van der Waals surface area (Å²) in [6, 6.07) is 10.4. The normalized spacial score (nSPS) is 12.3. The highest BCUT2D eigenvalue weighted by Gasteiger charge is 2.11. The van der Waals surface area contributed by atoms with Gasteiger partial charge in [-0.15, -0.1) is 11.3 Å². The Morgan fingerprint density at radius 3 is 2.75 bits per heavy atom. The number of benzene rings is 1. The van der Waals surface area contributed by atoms with Gasteiger partial charge < -0.3 is 10.1 Å². The number of para-hydroxylation sites is 1. The maximum Gasteiger partial charge on any atom is 0.119 e. The SMILES string of the molecule is CCNC(CCOc1ccccc1)Cc1nc(C)cs1. The van der Waals surface area contributed by atoms with E-state index in [1.165, 1.54) is 5.01 Å². The fourth-order valence-corrected chi connectivity index (χ4v) is 2.96. The Balaban J connectivity index is 1.80. The van der Waals surface area contributed by atoms with Gasteiger partial charge in [0.1, 0.15) is 5.75 Å². The second-order valence-corrected chi connectivity index (χ2v) is 5.73. The van der Waals surface area contributed by atoms with Crippen molar-refractivity contribution < 1.29 is 4.74 Å². The third-order valence-corrected chi connectivity index (χ3v) is 4.05. The number of rotatable bonds is 8. The summed E-state index contributed by atoms with van der Waals surface area (Å²) in [5.41, 5.74) is 1.11.